The lowest BCUT2D eigenvalue weighted by atomic mass is 10.2. The zero-order chi connectivity index (χ0) is 14.7. The first kappa shape index (κ1) is 17.9. The molecule has 1 aliphatic carbocycles. The molecule has 2 amide bonds. The summed E-state index contributed by atoms with van der Waals surface area (Å²) in [7, 11) is 0. The molecule has 2 aliphatic rings. The number of rotatable bonds is 3. The SMILES string of the molecule is CC1CCCN1C(=O)CN.CCC.O=CNC1CC1. The molecular formula is C14H29N3O2. The molecule has 2 rings (SSSR count). The van der Waals surface area contributed by atoms with Gasteiger partial charge in [0.05, 0.1) is 6.54 Å². The molecular weight excluding hydrogens is 242 g/mol. The summed E-state index contributed by atoms with van der Waals surface area (Å²) in [5.41, 5.74) is 5.22. The van der Waals surface area contributed by atoms with Crippen molar-refractivity contribution in [2.75, 3.05) is 13.1 Å². The summed E-state index contributed by atoms with van der Waals surface area (Å²) in [6, 6.07) is 0.943. The number of amides is 2. The monoisotopic (exact) mass is 271 g/mol. The lowest BCUT2D eigenvalue weighted by Gasteiger charge is -2.19. The highest BCUT2D eigenvalue weighted by molar-refractivity contribution is 5.78. The van der Waals surface area contributed by atoms with Gasteiger partial charge in [-0.3, -0.25) is 9.59 Å². The fourth-order valence-electron chi connectivity index (χ4n) is 1.77. The van der Waals surface area contributed by atoms with E-state index in [0.717, 1.165) is 25.8 Å². The van der Waals surface area contributed by atoms with Crippen LogP contribution >= 0.6 is 0 Å². The molecule has 2 fully saturated rings. The summed E-state index contributed by atoms with van der Waals surface area (Å²) in [5.74, 6) is 0.0880. The van der Waals surface area contributed by atoms with Crippen molar-refractivity contribution < 1.29 is 9.59 Å². The van der Waals surface area contributed by atoms with E-state index in [9.17, 15) is 9.59 Å². The summed E-state index contributed by atoms with van der Waals surface area (Å²) >= 11 is 0. The van der Waals surface area contributed by atoms with Crippen LogP contribution in [0.1, 0.15) is 52.9 Å². The van der Waals surface area contributed by atoms with E-state index in [2.05, 4.69) is 26.1 Å². The van der Waals surface area contributed by atoms with Crippen LogP contribution in [-0.2, 0) is 9.59 Å². The van der Waals surface area contributed by atoms with Crippen LogP contribution in [-0.4, -0.2) is 42.4 Å². The Hall–Kier alpha value is -1.10. The second-order valence-corrected chi connectivity index (χ2v) is 5.05. The highest BCUT2D eigenvalue weighted by Gasteiger charge is 2.23. The lowest BCUT2D eigenvalue weighted by molar-refractivity contribution is -0.130. The van der Waals surface area contributed by atoms with Crippen molar-refractivity contribution in [2.24, 2.45) is 5.73 Å². The molecule has 0 radical (unpaired) electrons. The molecule has 0 bridgehead atoms. The number of hydrogen-bond acceptors (Lipinski definition) is 3. The van der Waals surface area contributed by atoms with Gasteiger partial charge in [-0.2, -0.15) is 0 Å². The summed E-state index contributed by atoms with van der Waals surface area (Å²) < 4.78 is 0. The maximum Gasteiger partial charge on any atom is 0.236 e. The zero-order valence-corrected chi connectivity index (χ0v) is 12.5. The summed E-state index contributed by atoms with van der Waals surface area (Å²) in [4.78, 5) is 22.4. The number of carbonyl (C=O) groups excluding carboxylic acids is 2. The topological polar surface area (TPSA) is 75.4 Å². The largest absolute Gasteiger partial charge is 0.356 e. The predicted octanol–water partition coefficient (Wildman–Crippen LogP) is 1.27. The molecule has 0 aromatic rings. The number of carbonyl (C=O) groups is 2. The van der Waals surface area contributed by atoms with E-state index < -0.39 is 0 Å². The Labute approximate surface area is 116 Å². The first-order chi connectivity index (χ1) is 9.10. The molecule has 1 aliphatic heterocycles. The standard InChI is InChI=1S/C7H14N2O.C4H7NO.C3H8/c1-6-3-2-4-9(6)7(10)5-8;6-3-5-4-1-2-4;1-3-2/h6H,2-5,8H2,1H3;3-4H,1-2H2,(H,5,6);3H2,1-2H3. The van der Waals surface area contributed by atoms with Gasteiger partial charge in [0.2, 0.25) is 12.3 Å². The quantitative estimate of drug-likeness (QED) is 0.759. The number of nitrogens with two attached hydrogens (primary N) is 1. The average molecular weight is 271 g/mol. The molecule has 5 heteroatoms. The Morgan fingerprint density at radius 3 is 2.21 bits per heavy atom. The van der Waals surface area contributed by atoms with E-state index in [4.69, 9.17) is 5.73 Å². The normalized spacial score (nSPS) is 20.6. The maximum atomic E-state index is 11.0. The van der Waals surface area contributed by atoms with Crippen molar-refractivity contribution in [1.82, 2.24) is 10.2 Å². The molecule has 5 nitrogen and oxygen atoms in total. The van der Waals surface area contributed by atoms with Crippen LogP contribution in [0, 0.1) is 0 Å². The fraction of sp³-hybridized carbons (Fsp3) is 0.857. The van der Waals surface area contributed by atoms with Crippen LogP contribution in [0.2, 0.25) is 0 Å². The van der Waals surface area contributed by atoms with Crippen LogP contribution in [0.4, 0.5) is 0 Å². The van der Waals surface area contributed by atoms with Crippen molar-refractivity contribution in [3.05, 3.63) is 0 Å². The van der Waals surface area contributed by atoms with Gasteiger partial charge < -0.3 is 16.0 Å². The summed E-state index contributed by atoms with van der Waals surface area (Å²) in [6.07, 6.45) is 6.63. The fourth-order valence-corrected chi connectivity index (χ4v) is 1.77. The van der Waals surface area contributed by atoms with Crippen LogP contribution in [0.15, 0.2) is 0 Å². The summed E-state index contributed by atoms with van der Waals surface area (Å²) in [6.45, 7) is 7.38. The Kier molecular flexibility index (Phi) is 10.2. The van der Waals surface area contributed by atoms with E-state index in [-0.39, 0.29) is 12.5 Å². The Morgan fingerprint density at radius 1 is 1.37 bits per heavy atom. The van der Waals surface area contributed by atoms with Gasteiger partial charge in [0, 0.05) is 18.6 Å². The Morgan fingerprint density at radius 2 is 1.95 bits per heavy atom. The molecule has 1 atom stereocenters. The van der Waals surface area contributed by atoms with E-state index in [1.165, 1.54) is 19.3 Å². The lowest BCUT2D eigenvalue weighted by Crippen LogP contribution is -2.37. The van der Waals surface area contributed by atoms with E-state index >= 15 is 0 Å². The first-order valence-corrected chi connectivity index (χ1v) is 7.29. The number of nitrogens with zero attached hydrogens (tertiary/aromatic N) is 1. The molecule has 1 saturated heterocycles. The third kappa shape index (κ3) is 8.59. The molecule has 112 valence electrons. The zero-order valence-electron chi connectivity index (χ0n) is 12.5. The minimum absolute atomic E-state index is 0.0880. The van der Waals surface area contributed by atoms with Crippen molar-refractivity contribution in [3.63, 3.8) is 0 Å². The van der Waals surface area contributed by atoms with E-state index in [1.807, 2.05) is 4.90 Å². The molecule has 3 N–H and O–H groups in total. The van der Waals surface area contributed by atoms with Gasteiger partial charge in [-0.05, 0) is 32.6 Å². The van der Waals surface area contributed by atoms with E-state index in [1.54, 1.807) is 0 Å². The minimum atomic E-state index is 0.0880. The molecule has 1 saturated carbocycles. The van der Waals surface area contributed by atoms with Crippen LogP contribution in [0.25, 0.3) is 0 Å². The van der Waals surface area contributed by atoms with Crippen molar-refractivity contribution in [1.29, 1.82) is 0 Å². The van der Waals surface area contributed by atoms with Gasteiger partial charge in [-0.1, -0.05) is 20.3 Å². The predicted molar refractivity (Wildman–Crippen MR) is 77.7 cm³/mol. The van der Waals surface area contributed by atoms with Gasteiger partial charge in [-0.25, -0.2) is 0 Å². The van der Waals surface area contributed by atoms with Gasteiger partial charge in [0.1, 0.15) is 0 Å². The molecule has 1 heterocycles. The number of likely N-dealkylation sites (tertiary alicyclic amines) is 1. The number of nitrogens with one attached hydrogen (secondary N) is 1. The van der Waals surface area contributed by atoms with Crippen molar-refractivity contribution in [3.8, 4) is 0 Å². The van der Waals surface area contributed by atoms with Gasteiger partial charge in [0.25, 0.3) is 0 Å². The van der Waals surface area contributed by atoms with Crippen LogP contribution in [0.3, 0.4) is 0 Å². The third-order valence-corrected chi connectivity index (χ3v) is 2.93. The highest BCUT2D eigenvalue weighted by Crippen LogP contribution is 2.17. The van der Waals surface area contributed by atoms with Gasteiger partial charge in [-0.15, -0.1) is 0 Å². The van der Waals surface area contributed by atoms with Crippen molar-refractivity contribution >= 4 is 12.3 Å². The molecule has 0 spiro atoms. The second-order valence-electron chi connectivity index (χ2n) is 5.05. The van der Waals surface area contributed by atoms with Crippen LogP contribution < -0.4 is 11.1 Å². The van der Waals surface area contributed by atoms with Crippen molar-refractivity contribution in [2.45, 2.75) is 65.0 Å². The highest BCUT2D eigenvalue weighted by atomic mass is 16.2. The second kappa shape index (κ2) is 10.8. The van der Waals surface area contributed by atoms with Crippen LogP contribution in [0.5, 0.6) is 0 Å². The Bertz CT molecular complexity index is 255. The molecule has 1 unspecified atom stereocenters. The smallest absolute Gasteiger partial charge is 0.236 e. The maximum absolute atomic E-state index is 11.0. The summed E-state index contributed by atoms with van der Waals surface area (Å²) in [5, 5.41) is 2.64. The third-order valence-electron chi connectivity index (χ3n) is 2.93. The minimum Gasteiger partial charge on any atom is -0.356 e. The van der Waals surface area contributed by atoms with Gasteiger partial charge in [0.15, 0.2) is 0 Å². The first-order valence-electron chi connectivity index (χ1n) is 7.29. The molecule has 19 heavy (non-hydrogen) atoms. The average Bonchev–Trinajstić information content (AvgIpc) is 3.11. The van der Waals surface area contributed by atoms with E-state index in [0.29, 0.717) is 12.1 Å². The van der Waals surface area contributed by atoms with Gasteiger partial charge >= 0.3 is 0 Å². The molecule has 0 aromatic carbocycles. The Balaban J connectivity index is 0.000000306. The number of hydrogen-bond donors (Lipinski definition) is 2. The molecule has 0 aromatic heterocycles.